The van der Waals surface area contributed by atoms with Crippen molar-refractivity contribution in [3.63, 3.8) is 0 Å². The van der Waals surface area contributed by atoms with E-state index in [1.165, 1.54) is 4.90 Å². The summed E-state index contributed by atoms with van der Waals surface area (Å²) < 4.78 is 5.35. The Kier molecular flexibility index (Phi) is 6.30. The van der Waals surface area contributed by atoms with Gasteiger partial charge in [0, 0.05) is 24.5 Å². The zero-order chi connectivity index (χ0) is 22.8. The third kappa shape index (κ3) is 4.73. The Morgan fingerprint density at radius 1 is 1.09 bits per heavy atom. The molecule has 3 fully saturated rings. The van der Waals surface area contributed by atoms with Crippen LogP contribution in [0, 0.1) is 11.8 Å². The summed E-state index contributed by atoms with van der Waals surface area (Å²) in [5.74, 6) is 1.30. The Bertz CT molecular complexity index is 1030. The minimum Gasteiger partial charge on any atom is -0.465 e. The highest BCUT2D eigenvalue weighted by atomic mass is 35.5. The first-order chi connectivity index (χ1) is 16.0. The SMILES string of the molecule is O=C1NC(Cc2ccccc2Cl)(C2CCN(CC=Cc3ccco3)CC2)C(=O)N1CC1CC1. The van der Waals surface area contributed by atoms with Crippen molar-refractivity contribution < 1.29 is 14.0 Å². The Balaban J connectivity index is 1.31. The minimum absolute atomic E-state index is 0.0692. The summed E-state index contributed by atoms with van der Waals surface area (Å²) in [7, 11) is 0. The van der Waals surface area contributed by atoms with Crippen LogP contribution in [0.15, 0.2) is 53.2 Å². The fraction of sp³-hybridized carbons (Fsp3) is 0.462. The van der Waals surface area contributed by atoms with Crippen LogP contribution in [0.2, 0.25) is 5.02 Å². The molecule has 0 bridgehead atoms. The molecule has 1 aliphatic carbocycles. The zero-order valence-corrected chi connectivity index (χ0v) is 19.5. The molecule has 0 spiro atoms. The Labute approximate surface area is 199 Å². The predicted octanol–water partition coefficient (Wildman–Crippen LogP) is 4.60. The average Bonchev–Trinajstić information content (AvgIpc) is 3.43. The molecule has 3 amide bonds. The number of hydrogen-bond acceptors (Lipinski definition) is 4. The number of nitrogens with one attached hydrogen (secondary N) is 1. The van der Waals surface area contributed by atoms with Crippen LogP contribution in [0.5, 0.6) is 0 Å². The summed E-state index contributed by atoms with van der Waals surface area (Å²) in [6, 6.07) is 11.2. The van der Waals surface area contributed by atoms with Crippen molar-refractivity contribution in [3.05, 3.63) is 65.1 Å². The third-order valence-corrected chi connectivity index (χ3v) is 7.61. The number of rotatable bonds is 8. The van der Waals surface area contributed by atoms with Crippen LogP contribution in [0.4, 0.5) is 4.79 Å². The van der Waals surface area contributed by atoms with E-state index in [4.69, 9.17) is 16.0 Å². The highest BCUT2D eigenvalue weighted by Gasteiger charge is 2.56. The number of urea groups is 1. The van der Waals surface area contributed by atoms with E-state index < -0.39 is 5.54 Å². The van der Waals surface area contributed by atoms with Crippen molar-refractivity contribution in [3.8, 4) is 0 Å². The smallest absolute Gasteiger partial charge is 0.325 e. The Morgan fingerprint density at radius 2 is 1.88 bits per heavy atom. The molecule has 0 radical (unpaired) electrons. The molecule has 1 unspecified atom stereocenters. The van der Waals surface area contributed by atoms with Gasteiger partial charge in [0.15, 0.2) is 0 Å². The molecule has 2 aromatic rings. The molecule has 3 heterocycles. The van der Waals surface area contributed by atoms with Gasteiger partial charge in [0.1, 0.15) is 11.3 Å². The van der Waals surface area contributed by atoms with Gasteiger partial charge in [-0.25, -0.2) is 4.79 Å². The van der Waals surface area contributed by atoms with E-state index in [1.54, 1.807) is 6.26 Å². The molecular formula is C26H30ClN3O3. The summed E-state index contributed by atoms with van der Waals surface area (Å²) >= 11 is 6.48. The normalized spacial score (nSPS) is 24.7. The first-order valence-electron chi connectivity index (χ1n) is 11.8. The number of benzene rings is 1. The van der Waals surface area contributed by atoms with Crippen LogP contribution in [0.1, 0.15) is 37.0 Å². The maximum absolute atomic E-state index is 13.8. The molecule has 1 N–H and O–H groups in total. The van der Waals surface area contributed by atoms with Crippen LogP contribution in [-0.2, 0) is 11.2 Å². The largest absolute Gasteiger partial charge is 0.465 e. The molecule has 1 saturated carbocycles. The van der Waals surface area contributed by atoms with E-state index >= 15 is 0 Å². The third-order valence-electron chi connectivity index (χ3n) is 7.24. The van der Waals surface area contributed by atoms with E-state index in [0.29, 0.717) is 23.9 Å². The quantitative estimate of drug-likeness (QED) is 0.576. The second-order valence-electron chi connectivity index (χ2n) is 9.52. The lowest BCUT2D eigenvalue weighted by atomic mass is 9.74. The second kappa shape index (κ2) is 9.35. The number of carbonyl (C=O) groups is 2. The number of halogens is 1. The van der Waals surface area contributed by atoms with Crippen molar-refractivity contribution in [2.45, 2.75) is 37.6 Å². The molecule has 33 heavy (non-hydrogen) atoms. The molecular weight excluding hydrogens is 438 g/mol. The summed E-state index contributed by atoms with van der Waals surface area (Å²) in [6.45, 7) is 3.12. The van der Waals surface area contributed by atoms with Crippen molar-refractivity contribution >= 4 is 29.6 Å². The van der Waals surface area contributed by atoms with Crippen LogP contribution >= 0.6 is 11.6 Å². The topological polar surface area (TPSA) is 65.8 Å². The van der Waals surface area contributed by atoms with E-state index in [0.717, 1.165) is 56.6 Å². The Morgan fingerprint density at radius 3 is 2.58 bits per heavy atom. The van der Waals surface area contributed by atoms with Gasteiger partial charge in [-0.3, -0.25) is 14.6 Å². The summed E-state index contributed by atoms with van der Waals surface area (Å²) in [4.78, 5) is 30.5. The van der Waals surface area contributed by atoms with E-state index in [1.807, 2.05) is 42.5 Å². The maximum atomic E-state index is 13.8. The Hall–Kier alpha value is -2.57. The monoisotopic (exact) mass is 467 g/mol. The van der Waals surface area contributed by atoms with Gasteiger partial charge in [0.25, 0.3) is 5.91 Å². The molecule has 1 aromatic carbocycles. The van der Waals surface area contributed by atoms with Crippen LogP contribution in [0.25, 0.3) is 6.08 Å². The molecule has 3 aliphatic rings. The van der Waals surface area contributed by atoms with Crippen LogP contribution in [0.3, 0.4) is 0 Å². The molecule has 6 nitrogen and oxygen atoms in total. The van der Waals surface area contributed by atoms with Gasteiger partial charge in [-0.2, -0.15) is 0 Å². The molecule has 174 valence electrons. The van der Waals surface area contributed by atoms with Crippen LogP contribution in [-0.4, -0.2) is 53.5 Å². The fourth-order valence-corrected chi connectivity index (χ4v) is 5.37. The fourth-order valence-electron chi connectivity index (χ4n) is 5.16. The molecule has 5 rings (SSSR count). The number of piperidine rings is 1. The predicted molar refractivity (Wildman–Crippen MR) is 128 cm³/mol. The standard InChI is InChI=1S/C26H30ClN3O3/c27-23-8-2-1-5-20(23)17-26(24(31)30(25(32)28-26)18-19-9-10-19)21-11-14-29(15-12-21)13-3-6-22-7-4-16-33-22/h1-8,16,19,21H,9-15,17-18H2,(H,28,32). The highest BCUT2D eigenvalue weighted by Crippen LogP contribution is 2.39. The molecule has 2 aliphatic heterocycles. The maximum Gasteiger partial charge on any atom is 0.325 e. The lowest BCUT2D eigenvalue weighted by Gasteiger charge is -2.41. The number of hydrogen-bond donors (Lipinski definition) is 1. The number of likely N-dealkylation sites (tertiary alicyclic amines) is 1. The van der Waals surface area contributed by atoms with Crippen molar-refractivity contribution in [1.29, 1.82) is 0 Å². The number of carbonyl (C=O) groups excluding carboxylic acids is 2. The minimum atomic E-state index is -0.924. The number of imide groups is 1. The van der Waals surface area contributed by atoms with Gasteiger partial charge < -0.3 is 9.73 Å². The first kappa shape index (κ1) is 22.2. The van der Waals surface area contributed by atoms with Crippen molar-refractivity contribution in [2.24, 2.45) is 11.8 Å². The average molecular weight is 468 g/mol. The van der Waals surface area contributed by atoms with Gasteiger partial charge in [-0.15, -0.1) is 0 Å². The van der Waals surface area contributed by atoms with Gasteiger partial charge in [0.2, 0.25) is 0 Å². The summed E-state index contributed by atoms with van der Waals surface area (Å²) in [5, 5.41) is 3.80. The van der Waals surface area contributed by atoms with Gasteiger partial charge in [0.05, 0.1) is 6.26 Å². The lowest BCUT2D eigenvalue weighted by molar-refractivity contribution is -0.134. The molecule has 7 heteroatoms. The molecule has 2 saturated heterocycles. The molecule has 1 atom stereocenters. The van der Waals surface area contributed by atoms with Crippen LogP contribution < -0.4 is 5.32 Å². The van der Waals surface area contributed by atoms with Gasteiger partial charge in [-0.1, -0.05) is 35.9 Å². The van der Waals surface area contributed by atoms with Gasteiger partial charge >= 0.3 is 6.03 Å². The lowest BCUT2D eigenvalue weighted by Crippen LogP contribution is -2.57. The highest BCUT2D eigenvalue weighted by molar-refractivity contribution is 6.31. The van der Waals surface area contributed by atoms with Gasteiger partial charge in [-0.05, 0) is 80.4 Å². The number of furan rings is 1. The number of amides is 3. The van der Waals surface area contributed by atoms with Crippen molar-refractivity contribution in [2.75, 3.05) is 26.2 Å². The van der Waals surface area contributed by atoms with E-state index in [-0.39, 0.29) is 17.9 Å². The number of nitrogens with zero attached hydrogens (tertiary/aromatic N) is 2. The first-order valence-corrected chi connectivity index (χ1v) is 12.2. The summed E-state index contributed by atoms with van der Waals surface area (Å²) in [5.41, 5.74) is -0.0162. The van der Waals surface area contributed by atoms with E-state index in [2.05, 4.69) is 16.3 Å². The molecule has 1 aromatic heterocycles. The zero-order valence-electron chi connectivity index (χ0n) is 18.7. The summed E-state index contributed by atoms with van der Waals surface area (Å²) in [6.07, 6.45) is 10.1. The van der Waals surface area contributed by atoms with E-state index in [9.17, 15) is 9.59 Å². The second-order valence-corrected chi connectivity index (χ2v) is 9.93. The van der Waals surface area contributed by atoms with Crippen molar-refractivity contribution in [1.82, 2.24) is 15.1 Å².